The van der Waals surface area contributed by atoms with E-state index in [1.165, 1.54) is 12.1 Å². The molecule has 22 heavy (non-hydrogen) atoms. The van der Waals surface area contributed by atoms with Gasteiger partial charge in [-0.15, -0.1) is 12.4 Å². The molecule has 1 aliphatic heterocycles. The van der Waals surface area contributed by atoms with E-state index in [4.69, 9.17) is 15.2 Å². The van der Waals surface area contributed by atoms with Crippen molar-refractivity contribution in [2.24, 2.45) is 5.73 Å². The normalized spacial score (nSPS) is 16.7. The number of ether oxygens (including phenoxy) is 2. The van der Waals surface area contributed by atoms with Crippen LogP contribution in [0.25, 0.3) is 0 Å². The number of amides is 1. The molecule has 2 rings (SSSR count). The van der Waals surface area contributed by atoms with Crippen molar-refractivity contribution in [3.63, 3.8) is 0 Å². The van der Waals surface area contributed by atoms with Crippen LogP contribution in [0.3, 0.4) is 0 Å². The van der Waals surface area contributed by atoms with E-state index in [0.717, 1.165) is 0 Å². The molecule has 124 valence electrons. The molecule has 0 atom stereocenters. The van der Waals surface area contributed by atoms with Crippen molar-refractivity contribution in [1.82, 2.24) is 0 Å². The minimum Gasteiger partial charge on any atom is -0.488 e. The highest BCUT2D eigenvalue weighted by Crippen LogP contribution is 2.21. The van der Waals surface area contributed by atoms with Gasteiger partial charge >= 0.3 is 0 Å². The van der Waals surface area contributed by atoms with Gasteiger partial charge in [0.1, 0.15) is 17.9 Å². The zero-order valence-corrected chi connectivity index (χ0v) is 12.7. The molecule has 0 radical (unpaired) electrons. The summed E-state index contributed by atoms with van der Waals surface area (Å²) in [5.74, 6) is 0.0499. The van der Waals surface area contributed by atoms with Crippen LogP contribution < -0.4 is 15.8 Å². The second kappa shape index (κ2) is 8.26. The van der Waals surface area contributed by atoms with Gasteiger partial charge in [-0.05, 0) is 37.1 Å². The Morgan fingerprint density at radius 3 is 2.45 bits per heavy atom. The van der Waals surface area contributed by atoms with Crippen LogP contribution in [-0.4, -0.2) is 37.7 Å². The van der Waals surface area contributed by atoms with E-state index in [1.54, 1.807) is 12.1 Å². The Morgan fingerprint density at radius 2 is 1.91 bits per heavy atom. The highest BCUT2D eigenvalue weighted by Gasteiger charge is 2.35. The lowest BCUT2D eigenvalue weighted by Crippen LogP contribution is -2.54. The lowest BCUT2D eigenvalue weighted by atomic mass is 9.90. The van der Waals surface area contributed by atoms with Crippen LogP contribution in [-0.2, 0) is 9.53 Å². The number of halogens is 3. The maximum absolute atomic E-state index is 12.2. The van der Waals surface area contributed by atoms with E-state index >= 15 is 0 Å². The first-order chi connectivity index (χ1) is 9.99. The van der Waals surface area contributed by atoms with Crippen molar-refractivity contribution in [1.29, 1.82) is 0 Å². The van der Waals surface area contributed by atoms with Gasteiger partial charge in [0.25, 0.3) is 6.43 Å². The van der Waals surface area contributed by atoms with Gasteiger partial charge in [0.2, 0.25) is 5.91 Å². The highest BCUT2D eigenvalue weighted by molar-refractivity contribution is 5.98. The monoisotopic (exact) mass is 336 g/mol. The summed E-state index contributed by atoms with van der Waals surface area (Å²) >= 11 is 0. The van der Waals surface area contributed by atoms with E-state index in [-0.39, 0.29) is 18.3 Å². The summed E-state index contributed by atoms with van der Waals surface area (Å²) in [7, 11) is 0. The standard InChI is InChI=1S/C14H18F2N2O3.ClH/c15-12(16)9-21-11-3-1-10(2-4-11)18-13(19)14(17)5-7-20-8-6-14;/h1-4,12H,5-9,17H2,(H,18,19);1H. The van der Waals surface area contributed by atoms with Crippen LogP contribution in [0.15, 0.2) is 24.3 Å². The number of hydrogen-bond donors (Lipinski definition) is 2. The van der Waals surface area contributed by atoms with Crippen LogP contribution in [0.2, 0.25) is 0 Å². The number of anilines is 1. The van der Waals surface area contributed by atoms with Crippen molar-refractivity contribution in [2.75, 3.05) is 25.1 Å². The molecule has 0 spiro atoms. The van der Waals surface area contributed by atoms with E-state index in [0.29, 0.717) is 37.5 Å². The van der Waals surface area contributed by atoms with Crippen molar-refractivity contribution in [3.05, 3.63) is 24.3 Å². The molecule has 1 saturated heterocycles. The van der Waals surface area contributed by atoms with Crippen LogP contribution in [0.5, 0.6) is 5.75 Å². The SMILES string of the molecule is Cl.NC1(C(=O)Nc2ccc(OCC(F)F)cc2)CCOCC1. The maximum atomic E-state index is 12.2. The van der Waals surface area contributed by atoms with Gasteiger partial charge in [0.05, 0.1) is 0 Å². The average Bonchev–Trinajstić information content (AvgIpc) is 2.47. The molecule has 1 amide bonds. The summed E-state index contributed by atoms with van der Waals surface area (Å²) in [6.45, 7) is 0.270. The Balaban J connectivity index is 0.00000242. The number of rotatable bonds is 5. The zero-order valence-electron chi connectivity index (χ0n) is 11.9. The summed E-state index contributed by atoms with van der Waals surface area (Å²) in [5, 5.41) is 2.72. The van der Waals surface area contributed by atoms with Crippen LogP contribution in [0, 0.1) is 0 Å². The molecule has 1 aliphatic rings. The Labute approximate surface area is 133 Å². The average molecular weight is 337 g/mol. The molecule has 1 aromatic carbocycles. The summed E-state index contributed by atoms with van der Waals surface area (Å²) in [4.78, 5) is 12.2. The molecule has 3 N–H and O–H groups in total. The van der Waals surface area contributed by atoms with Gasteiger partial charge < -0.3 is 20.5 Å². The maximum Gasteiger partial charge on any atom is 0.272 e. The summed E-state index contributed by atoms with van der Waals surface area (Å²) in [6.07, 6.45) is -1.59. The highest BCUT2D eigenvalue weighted by atomic mass is 35.5. The first kappa shape index (κ1) is 18.6. The molecule has 0 unspecified atom stereocenters. The van der Waals surface area contributed by atoms with Crippen molar-refractivity contribution < 1.29 is 23.0 Å². The van der Waals surface area contributed by atoms with E-state index < -0.39 is 18.6 Å². The minimum absolute atomic E-state index is 0. The lowest BCUT2D eigenvalue weighted by molar-refractivity contribution is -0.124. The molecule has 8 heteroatoms. The molecular weight excluding hydrogens is 318 g/mol. The van der Waals surface area contributed by atoms with Crippen molar-refractivity contribution in [2.45, 2.75) is 24.8 Å². The minimum atomic E-state index is -2.52. The second-order valence-electron chi connectivity index (χ2n) is 4.95. The molecule has 0 aromatic heterocycles. The number of nitrogens with one attached hydrogen (secondary N) is 1. The first-order valence-electron chi connectivity index (χ1n) is 6.69. The summed E-state index contributed by atoms with van der Waals surface area (Å²) < 4.78 is 34.1. The Morgan fingerprint density at radius 1 is 1.32 bits per heavy atom. The molecular formula is C14H19ClF2N2O3. The Hall–Kier alpha value is -1.44. The zero-order chi connectivity index (χ0) is 15.3. The molecule has 0 saturated carbocycles. The second-order valence-corrected chi connectivity index (χ2v) is 4.95. The van der Waals surface area contributed by atoms with E-state index in [9.17, 15) is 13.6 Å². The third-order valence-electron chi connectivity index (χ3n) is 3.33. The quantitative estimate of drug-likeness (QED) is 0.864. The van der Waals surface area contributed by atoms with Gasteiger partial charge in [-0.25, -0.2) is 8.78 Å². The number of alkyl halides is 2. The molecule has 0 bridgehead atoms. The third kappa shape index (κ3) is 5.08. The fraction of sp³-hybridized carbons (Fsp3) is 0.500. The van der Waals surface area contributed by atoms with Crippen molar-refractivity contribution in [3.8, 4) is 5.75 Å². The smallest absolute Gasteiger partial charge is 0.272 e. The van der Waals surface area contributed by atoms with Gasteiger partial charge in [-0.2, -0.15) is 0 Å². The van der Waals surface area contributed by atoms with Gasteiger partial charge in [0.15, 0.2) is 0 Å². The topological polar surface area (TPSA) is 73.6 Å². The van der Waals surface area contributed by atoms with Crippen LogP contribution in [0.1, 0.15) is 12.8 Å². The molecule has 1 fully saturated rings. The first-order valence-corrected chi connectivity index (χ1v) is 6.69. The molecule has 5 nitrogen and oxygen atoms in total. The largest absolute Gasteiger partial charge is 0.488 e. The number of nitrogens with two attached hydrogens (primary N) is 1. The summed E-state index contributed by atoms with van der Waals surface area (Å²) in [5.41, 5.74) is 5.68. The molecule has 0 aliphatic carbocycles. The lowest BCUT2D eigenvalue weighted by Gasteiger charge is -2.31. The molecule has 1 heterocycles. The molecule has 1 aromatic rings. The Kier molecular flexibility index (Phi) is 6.99. The predicted octanol–water partition coefficient (Wildman–Crippen LogP) is 2.20. The van der Waals surface area contributed by atoms with Crippen LogP contribution >= 0.6 is 12.4 Å². The van der Waals surface area contributed by atoms with E-state index in [1.807, 2.05) is 0 Å². The fourth-order valence-electron chi connectivity index (χ4n) is 2.01. The van der Waals surface area contributed by atoms with Crippen LogP contribution in [0.4, 0.5) is 14.5 Å². The number of hydrogen-bond acceptors (Lipinski definition) is 4. The summed E-state index contributed by atoms with van der Waals surface area (Å²) in [6, 6.07) is 6.21. The van der Waals surface area contributed by atoms with E-state index in [2.05, 4.69) is 5.32 Å². The van der Waals surface area contributed by atoms with Crippen molar-refractivity contribution >= 4 is 24.0 Å². The van der Waals surface area contributed by atoms with Gasteiger partial charge in [0, 0.05) is 18.9 Å². The number of benzene rings is 1. The fourth-order valence-corrected chi connectivity index (χ4v) is 2.01. The Bertz CT molecular complexity index is 479. The van der Waals surface area contributed by atoms with Gasteiger partial charge in [-0.3, -0.25) is 4.79 Å². The number of carbonyl (C=O) groups is 1. The van der Waals surface area contributed by atoms with Gasteiger partial charge in [-0.1, -0.05) is 0 Å². The third-order valence-corrected chi connectivity index (χ3v) is 3.33. The number of carbonyl (C=O) groups excluding carboxylic acids is 1. The predicted molar refractivity (Wildman–Crippen MR) is 80.8 cm³/mol.